The van der Waals surface area contributed by atoms with Crippen molar-refractivity contribution in [3.05, 3.63) is 58.7 Å². The van der Waals surface area contributed by atoms with Gasteiger partial charge in [-0.15, -0.1) is 11.3 Å². The highest BCUT2D eigenvalue weighted by molar-refractivity contribution is 7.09. The Kier molecular flexibility index (Phi) is 3.20. The summed E-state index contributed by atoms with van der Waals surface area (Å²) in [4.78, 5) is 13.0. The van der Waals surface area contributed by atoms with Gasteiger partial charge >= 0.3 is 0 Å². The van der Waals surface area contributed by atoms with E-state index in [9.17, 15) is 4.79 Å². The van der Waals surface area contributed by atoms with Crippen LogP contribution in [0.2, 0.25) is 0 Å². The van der Waals surface area contributed by atoms with E-state index >= 15 is 0 Å². The van der Waals surface area contributed by atoms with Crippen molar-refractivity contribution in [2.24, 2.45) is 0 Å². The fraction of sp³-hybridized carbons (Fsp3) is 0.0714. The van der Waals surface area contributed by atoms with E-state index in [1.807, 2.05) is 17.5 Å². The average molecular weight is 273 g/mol. The molecule has 96 valence electrons. The Balaban J connectivity index is 1.67. The Hall–Kier alpha value is -2.27. The lowest BCUT2D eigenvalue weighted by atomic mass is 10.3. The summed E-state index contributed by atoms with van der Waals surface area (Å²) in [7, 11) is 0. The Bertz CT molecular complexity index is 653. The first-order valence-electron chi connectivity index (χ1n) is 5.77. The number of hydrogen-bond acceptors (Lipinski definition) is 4. The Morgan fingerprint density at radius 3 is 2.84 bits per heavy atom. The molecule has 0 radical (unpaired) electrons. The first-order chi connectivity index (χ1) is 9.33. The summed E-state index contributed by atoms with van der Waals surface area (Å²) >= 11 is 1.60. The third-order valence-corrected chi connectivity index (χ3v) is 3.47. The molecule has 0 atom stereocenters. The van der Waals surface area contributed by atoms with Crippen molar-refractivity contribution in [2.75, 3.05) is 0 Å². The molecule has 0 bridgehead atoms. The highest BCUT2D eigenvalue weighted by Crippen LogP contribution is 2.22. The van der Waals surface area contributed by atoms with Crippen molar-refractivity contribution in [1.82, 2.24) is 5.32 Å². The minimum atomic E-state index is -0.230. The van der Waals surface area contributed by atoms with Crippen LogP contribution in [0.15, 0.2) is 56.9 Å². The Morgan fingerprint density at radius 1 is 1.16 bits per heavy atom. The second kappa shape index (κ2) is 5.16. The predicted octanol–water partition coefficient (Wildman–Crippen LogP) is 3.53. The molecule has 5 heteroatoms. The van der Waals surface area contributed by atoms with Gasteiger partial charge in [0.05, 0.1) is 12.8 Å². The monoisotopic (exact) mass is 273 g/mol. The summed E-state index contributed by atoms with van der Waals surface area (Å²) in [6.45, 7) is 0.507. The van der Waals surface area contributed by atoms with Gasteiger partial charge < -0.3 is 14.2 Å². The van der Waals surface area contributed by atoms with Gasteiger partial charge in [-0.05, 0) is 35.7 Å². The van der Waals surface area contributed by atoms with Crippen LogP contribution in [0.3, 0.4) is 0 Å². The summed E-state index contributed by atoms with van der Waals surface area (Å²) in [5.41, 5.74) is 0. The summed E-state index contributed by atoms with van der Waals surface area (Å²) in [6, 6.07) is 10.8. The van der Waals surface area contributed by atoms with Crippen LogP contribution < -0.4 is 5.32 Å². The van der Waals surface area contributed by atoms with Crippen LogP contribution in [0.25, 0.3) is 11.5 Å². The molecule has 0 unspecified atom stereocenters. The first kappa shape index (κ1) is 11.8. The number of furan rings is 2. The minimum absolute atomic E-state index is 0.230. The zero-order valence-corrected chi connectivity index (χ0v) is 10.8. The maximum atomic E-state index is 11.9. The van der Waals surface area contributed by atoms with Crippen molar-refractivity contribution in [1.29, 1.82) is 0 Å². The van der Waals surface area contributed by atoms with Crippen LogP contribution in [0.1, 0.15) is 15.4 Å². The highest BCUT2D eigenvalue weighted by atomic mass is 32.1. The van der Waals surface area contributed by atoms with E-state index in [1.165, 1.54) is 0 Å². The Morgan fingerprint density at radius 2 is 2.11 bits per heavy atom. The lowest BCUT2D eigenvalue weighted by Crippen LogP contribution is -2.21. The fourth-order valence-corrected chi connectivity index (χ4v) is 2.32. The quantitative estimate of drug-likeness (QED) is 0.791. The van der Waals surface area contributed by atoms with Crippen molar-refractivity contribution in [2.45, 2.75) is 6.54 Å². The fourth-order valence-electron chi connectivity index (χ4n) is 1.68. The van der Waals surface area contributed by atoms with Gasteiger partial charge in [0.25, 0.3) is 5.91 Å². The molecule has 0 aromatic carbocycles. The standard InChI is InChI=1S/C14H11NO3S/c16-14(15-9-10-3-2-8-19-10)13-6-5-12(18-13)11-4-1-7-17-11/h1-8H,9H2,(H,15,16). The van der Waals surface area contributed by atoms with Crippen LogP contribution in [0.4, 0.5) is 0 Å². The second-order valence-corrected chi connectivity index (χ2v) is 4.94. The molecular formula is C14H11NO3S. The molecule has 0 spiro atoms. The molecule has 3 aromatic heterocycles. The molecule has 0 aliphatic heterocycles. The van der Waals surface area contributed by atoms with Crippen LogP contribution >= 0.6 is 11.3 Å². The second-order valence-electron chi connectivity index (χ2n) is 3.90. The first-order valence-corrected chi connectivity index (χ1v) is 6.65. The van der Waals surface area contributed by atoms with Gasteiger partial charge in [-0.2, -0.15) is 0 Å². The molecule has 4 nitrogen and oxygen atoms in total. The van der Waals surface area contributed by atoms with Gasteiger partial charge in [0.2, 0.25) is 0 Å². The van der Waals surface area contributed by atoms with Crippen molar-refractivity contribution in [3.8, 4) is 11.5 Å². The molecule has 1 amide bonds. The van der Waals surface area contributed by atoms with Crippen LogP contribution in [-0.4, -0.2) is 5.91 Å². The van der Waals surface area contributed by atoms with E-state index in [0.717, 1.165) is 4.88 Å². The molecule has 0 aliphatic rings. The minimum Gasteiger partial charge on any atom is -0.461 e. The molecule has 1 N–H and O–H groups in total. The molecule has 0 saturated heterocycles. The largest absolute Gasteiger partial charge is 0.461 e. The predicted molar refractivity (Wildman–Crippen MR) is 71.9 cm³/mol. The number of amides is 1. The van der Waals surface area contributed by atoms with E-state index in [1.54, 1.807) is 41.9 Å². The van der Waals surface area contributed by atoms with Gasteiger partial charge in [0.1, 0.15) is 0 Å². The van der Waals surface area contributed by atoms with Gasteiger partial charge in [0.15, 0.2) is 17.3 Å². The van der Waals surface area contributed by atoms with Crippen molar-refractivity contribution in [3.63, 3.8) is 0 Å². The molecule has 3 heterocycles. The van der Waals surface area contributed by atoms with E-state index in [2.05, 4.69) is 5.32 Å². The molecule has 3 rings (SSSR count). The van der Waals surface area contributed by atoms with E-state index < -0.39 is 0 Å². The average Bonchev–Trinajstić information content (AvgIpc) is 3.14. The van der Waals surface area contributed by atoms with Crippen LogP contribution in [-0.2, 0) is 6.54 Å². The SMILES string of the molecule is O=C(NCc1cccs1)c1ccc(-c2ccco2)o1. The number of hydrogen-bond donors (Lipinski definition) is 1. The maximum absolute atomic E-state index is 11.9. The summed E-state index contributed by atoms with van der Waals surface area (Å²) in [5, 5.41) is 4.78. The summed E-state index contributed by atoms with van der Waals surface area (Å²) in [6.07, 6.45) is 1.56. The van der Waals surface area contributed by atoms with Crippen molar-refractivity contribution < 1.29 is 13.6 Å². The number of rotatable bonds is 4. The maximum Gasteiger partial charge on any atom is 0.287 e. The topological polar surface area (TPSA) is 55.4 Å². The molecule has 0 fully saturated rings. The van der Waals surface area contributed by atoms with E-state index in [4.69, 9.17) is 8.83 Å². The number of carbonyl (C=O) groups is 1. The number of nitrogens with one attached hydrogen (secondary N) is 1. The number of thiophene rings is 1. The summed E-state index contributed by atoms with van der Waals surface area (Å²) < 4.78 is 10.7. The lowest BCUT2D eigenvalue weighted by Gasteiger charge is -2.00. The third kappa shape index (κ3) is 2.61. The van der Waals surface area contributed by atoms with Crippen LogP contribution in [0, 0.1) is 0 Å². The van der Waals surface area contributed by atoms with Crippen molar-refractivity contribution >= 4 is 17.2 Å². The molecular weight excluding hydrogens is 262 g/mol. The van der Waals surface area contributed by atoms with Gasteiger partial charge in [-0.3, -0.25) is 4.79 Å². The zero-order valence-electron chi connectivity index (χ0n) is 9.96. The smallest absolute Gasteiger partial charge is 0.287 e. The third-order valence-electron chi connectivity index (χ3n) is 2.60. The lowest BCUT2D eigenvalue weighted by molar-refractivity contribution is 0.0924. The zero-order chi connectivity index (χ0) is 13.1. The molecule has 19 heavy (non-hydrogen) atoms. The molecule has 0 saturated carbocycles. The van der Waals surface area contributed by atoms with Gasteiger partial charge in [-0.1, -0.05) is 6.07 Å². The highest BCUT2D eigenvalue weighted by Gasteiger charge is 2.13. The van der Waals surface area contributed by atoms with Crippen LogP contribution in [0.5, 0.6) is 0 Å². The molecule has 0 aliphatic carbocycles. The Labute approximate surface area is 113 Å². The van der Waals surface area contributed by atoms with Gasteiger partial charge in [0, 0.05) is 4.88 Å². The van der Waals surface area contributed by atoms with E-state index in [0.29, 0.717) is 18.1 Å². The van der Waals surface area contributed by atoms with E-state index in [-0.39, 0.29) is 11.7 Å². The molecule has 3 aromatic rings. The van der Waals surface area contributed by atoms with Gasteiger partial charge in [-0.25, -0.2) is 0 Å². The normalized spacial score (nSPS) is 10.5. The number of carbonyl (C=O) groups excluding carboxylic acids is 1. The summed E-state index contributed by atoms with van der Waals surface area (Å²) in [5.74, 6) is 1.21.